The summed E-state index contributed by atoms with van der Waals surface area (Å²) in [6, 6.07) is 19.2. The van der Waals surface area contributed by atoms with Gasteiger partial charge in [-0.15, -0.1) is 0 Å². The first-order valence-electron chi connectivity index (χ1n) is 9.30. The summed E-state index contributed by atoms with van der Waals surface area (Å²) in [5.74, 6) is -0.512. The van der Waals surface area contributed by atoms with Crippen LogP contribution in [0.1, 0.15) is 16.7 Å². The SMILES string of the molecule is CN(C)C(=O)C(C#N)=Cc1cccc(COCC(=O)NCCc2ccccc2)c1. The molecule has 0 aliphatic rings. The fraction of sp³-hybridized carbons (Fsp3) is 0.261. The van der Waals surface area contributed by atoms with Crippen molar-refractivity contribution in [2.24, 2.45) is 0 Å². The topological polar surface area (TPSA) is 82.4 Å². The summed E-state index contributed by atoms with van der Waals surface area (Å²) >= 11 is 0. The van der Waals surface area contributed by atoms with Gasteiger partial charge in [0.2, 0.25) is 5.91 Å². The van der Waals surface area contributed by atoms with Gasteiger partial charge in [0, 0.05) is 20.6 Å². The third-order valence-electron chi connectivity index (χ3n) is 4.10. The van der Waals surface area contributed by atoms with Crippen molar-refractivity contribution in [3.63, 3.8) is 0 Å². The van der Waals surface area contributed by atoms with Crippen molar-refractivity contribution in [2.75, 3.05) is 27.2 Å². The summed E-state index contributed by atoms with van der Waals surface area (Å²) in [4.78, 5) is 25.2. The van der Waals surface area contributed by atoms with Crippen molar-refractivity contribution in [1.29, 1.82) is 5.26 Å². The Morgan fingerprint density at radius 1 is 1.10 bits per heavy atom. The van der Waals surface area contributed by atoms with Gasteiger partial charge < -0.3 is 15.0 Å². The highest BCUT2D eigenvalue weighted by molar-refractivity contribution is 6.01. The number of ether oxygens (including phenoxy) is 1. The first-order chi connectivity index (χ1) is 14.0. The summed E-state index contributed by atoms with van der Waals surface area (Å²) in [6.45, 7) is 0.790. The van der Waals surface area contributed by atoms with Crippen molar-refractivity contribution >= 4 is 17.9 Å². The summed E-state index contributed by atoms with van der Waals surface area (Å²) in [7, 11) is 3.20. The molecule has 2 amide bonds. The van der Waals surface area contributed by atoms with Crippen LogP contribution in [-0.4, -0.2) is 44.0 Å². The highest BCUT2D eigenvalue weighted by Gasteiger charge is 2.11. The number of likely N-dealkylation sites (N-methyl/N-ethyl adjacent to an activating group) is 1. The second-order valence-electron chi connectivity index (χ2n) is 6.69. The zero-order valence-electron chi connectivity index (χ0n) is 16.7. The Hall–Kier alpha value is -3.43. The second kappa shape index (κ2) is 11.4. The minimum Gasteiger partial charge on any atom is -0.367 e. The zero-order valence-corrected chi connectivity index (χ0v) is 16.7. The molecule has 2 aromatic rings. The van der Waals surface area contributed by atoms with Crippen LogP contribution in [0.3, 0.4) is 0 Å². The summed E-state index contributed by atoms with van der Waals surface area (Å²) in [5, 5.41) is 12.0. The van der Waals surface area contributed by atoms with Crippen LogP contribution >= 0.6 is 0 Å². The van der Waals surface area contributed by atoms with Gasteiger partial charge in [-0.2, -0.15) is 5.26 Å². The molecule has 0 heterocycles. The molecule has 0 aromatic heterocycles. The van der Waals surface area contributed by atoms with Gasteiger partial charge in [-0.3, -0.25) is 9.59 Å². The third kappa shape index (κ3) is 7.60. The van der Waals surface area contributed by atoms with Crippen LogP contribution in [0.25, 0.3) is 6.08 Å². The maximum absolute atomic E-state index is 12.0. The number of benzene rings is 2. The lowest BCUT2D eigenvalue weighted by molar-refractivity contribution is -0.126. The van der Waals surface area contributed by atoms with Gasteiger partial charge in [0.15, 0.2) is 0 Å². The maximum Gasteiger partial charge on any atom is 0.264 e. The average molecular weight is 391 g/mol. The molecule has 6 heteroatoms. The number of nitriles is 1. The molecule has 1 N–H and O–H groups in total. The maximum atomic E-state index is 12.0. The van der Waals surface area contributed by atoms with Gasteiger partial charge in [0.05, 0.1) is 6.61 Å². The molecule has 2 rings (SSSR count). The Morgan fingerprint density at radius 2 is 1.83 bits per heavy atom. The first kappa shape index (κ1) is 21.9. The van der Waals surface area contributed by atoms with Gasteiger partial charge in [-0.05, 0) is 35.3 Å². The molecule has 29 heavy (non-hydrogen) atoms. The highest BCUT2D eigenvalue weighted by atomic mass is 16.5. The standard InChI is InChI=1S/C23H25N3O3/c1-26(2)23(28)21(15-24)14-19-9-6-10-20(13-19)16-29-17-22(27)25-12-11-18-7-4-3-5-8-18/h3-10,13-14H,11-12,16-17H2,1-2H3,(H,25,27). The summed E-state index contributed by atoms with van der Waals surface area (Å²) < 4.78 is 5.48. The fourth-order valence-electron chi connectivity index (χ4n) is 2.63. The number of carbonyl (C=O) groups is 2. The molecule has 150 valence electrons. The number of hydrogen-bond donors (Lipinski definition) is 1. The molecule has 0 aliphatic carbocycles. The van der Waals surface area contributed by atoms with Gasteiger partial charge >= 0.3 is 0 Å². The van der Waals surface area contributed by atoms with Gasteiger partial charge in [0.25, 0.3) is 5.91 Å². The van der Waals surface area contributed by atoms with E-state index in [2.05, 4.69) is 5.32 Å². The van der Waals surface area contributed by atoms with Gasteiger partial charge in [-0.25, -0.2) is 0 Å². The van der Waals surface area contributed by atoms with E-state index >= 15 is 0 Å². The molecule has 0 fully saturated rings. The second-order valence-corrected chi connectivity index (χ2v) is 6.69. The molecular formula is C23H25N3O3. The molecule has 0 spiro atoms. The van der Waals surface area contributed by atoms with E-state index in [1.165, 1.54) is 10.5 Å². The van der Waals surface area contributed by atoms with E-state index in [4.69, 9.17) is 4.74 Å². The summed E-state index contributed by atoms with van der Waals surface area (Å²) in [5.41, 5.74) is 2.81. The van der Waals surface area contributed by atoms with Crippen LogP contribution in [0.5, 0.6) is 0 Å². The normalized spacial score (nSPS) is 10.9. The third-order valence-corrected chi connectivity index (χ3v) is 4.10. The minimum absolute atomic E-state index is 0.0303. The van der Waals surface area contributed by atoms with E-state index in [-0.39, 0.29) is 30.6 Å². The molecule has 0 bridgehead atoms. The van der Waals surface area contributed by atoms with E-state index in [9.17, 15) is 14.9 Å². The Bertz CT molecular complexity index is 899. The molecule has 0 atom stereocenters. The lowest BCUT2D eigenvalue weighted by Gasteiger charge is -2.09. The molecule has 0 radical (unpaired) electrons. The van der Waals surface area contributed by atoms with E-state index < -0.39 is 0 Å². The quantitative estimate of drug-likeness (QED) is 0.526. The van der Waals surface area contributed by atoms with E-state index in [1.807, 2.05) is 54.6 Å². The van der Waals surface area contributed by atoms with Crippen molar-refractivity contribution < 1.29 is 14.3 Å². The Labute approximate surface area is 171 Å². The monoisotopic (exact) mass is 391 g/mol. The van der Waals surface area contributed by atoms with Crippen molar-refractivity contribution in [2.45, 2.75) is 13.0 Å². The fourth-order valence-corrected chi connectivity index (χ4v) is 2.63. The van der Waals surface area contributed by atoms with Crippen LogP contribution in [-0.2, 0) is 27.4 Å². The molecule has 0 aliphatic heterocycles. The molecule has 0 saturated heterocycles. The predicted molar refractivity (Wildman–Crippen MR) is 112 cm³/mol. The highest BCUT2D eigenvalue weighted by Crippen LogP contribution is 2.12. The molecule has 6 nitrogen and oxygen atoms in total. The number of amides is 2. The van der Waals surface area contributed by atoms with Crippen LogP contribution in [0, 0.1) is 11.3 Å². The van der Waals surface area contributed by atoms with Crippen molar-refractivity contribution in [3.8, 4) is 6.07 Å². The van der Waals surface area contributed by atoms with Crippen LogP contribution in [0.2, 0.25) is 0 Å². The van der Waals surface area contributed by atoms with Crippen molar-refractivity contribution in [3.05, 3.63) is 76.9 Å². The number of nitrogens with zero attached hydrogens (tertiary/aromatic N) is 2. The Morgan fingerprint density at radius 3 is 2.52 bits per heavy atom. The molecule has 0 unspecified atom stereocenters. The zero-order chi connectivity index (χ0) is 21.1. The average Bonchev–Trinajstić information content (AvgIpc) is 2.72. The largest absolute Gasteiger partial charge is 0.367 e. The van der Waals surface area contributed by atoms with E-state index in [1.54, 1.807) is 26.2 Å². The smallest absolute Gasteiger partial charge is 0.264 e. The van der Waals surface area contributed by atoms with E-state index in [0.29, 0.717) is 6.54 Å². The number of rotatable bonds is 9. The lowest BCUT2D eigenvalue weighted by Crippen LogP contribution is -2.29. The number of hydrogen-bond acceptors (Lipinski definition) is 4. The molecular weight excluding hydrogens is 366 g/mol. The lowest BCUT2D eigenvalue weighted by atomic mass is 10.1. The molecule has 2 aromatic carbocycles. The van der Waals surface area contributed by atoms with Gasteiger partial charge in [0.1, 0.15) is 18.2 Å². The van der Waals surface area contributed by atoms with Crippen LogP contribution in [0.4, 0.5) is 0 Å². The number of carbonyl (C=O) groups excluding carboxylic acids is 2. The Balaban J connectivity index is 1.81. The van der Waals surface area contributed by atoms with Gasteiger partial charge in [-0.1, -0.05) is 48.5 Å². The van der Waals surface area contributed by atoms with E-state index in [0.717, 1.165) is 17.5 Å². The van der Waals surface area contributed by atoms with Crippen LogP contribution in [0.15, 0.2) is 60.2 Å². The number of nitrogens with one attached hydrogen (secondary N) is 1. The summed E-state index contributed by atoms with van der Waals surface area (Å²) in [6.07, 6.45) is 2.32. The first-order valence-corrected chi connectivity index (χ1v) is 9.30. The molecule has 0 saturated carbocycles. The predicted octanol–water partition coefficient (Wildman–Crippen LogP) is 2.56. The van der Waals surface area contributed by atoms with Crippen LogP contribution < -0.4 is 5.32 Å². The Kier molecular flexibility index (Phi) is 8.61. The minimum atomic E-state index is -0.346. The van der Waals surface area contributed by atoms with Crippen molar-refractivity contribution in [1.82, 2.24) is 10.2 Å².